The van der Waals surface area contributed by atoms with Crippen molar-refractivity contribution in [1.29, 1.82) is 0 Å². The first-order chi connectivity index (χ1) is 7.79. The molecule has 0 saturated heterocycles. The third kappa shape index (κ3) is 3.27. The normalized spacial score (nSPS) is 8.56. The zero-order valence-corrected chi connectivity index (χ0v) is 11.0. The van der Waals surface area contributed by atoms with Crippen LogP contribution in [0.15, 0.2) is 36.4 Å². The molecule has 0 aliphatic carbocycles. The predicted molar refractivity (Wildman–Crippen MR) is 75.8 cm³/mol. The Morgan fingerprint density at radius 1 is 0.750 bits per heavy atom. The molecule has 0 unspecified atom stereocenters. The van der Waals surface area contributed by atoms with Gasteiger partial charge in [0.25, 0.3) is 0 Å². The number of nitrogen functional groups attached to an aromatic ring is 1. The van der Waals surface area contributed by atoms with Gasteiger partial charge in [-0.3, -0.25) is 0 Å². The van der Waals surface area contributed by atoms with Gasteiger partial charge in [-0.25, -0.2) is 0 Å². The molecule has 0 aliphatic heterocycles. The molecule has 0 heterocycles. The van der Waals surface area contributed by atoms with Gasteiger partial charge in [-0.2, -0.15) is 0 Å². The van der Waals surface area contributed by atoms with E-state index in [1.807, 2.05) is 45.9 Å². The lowest BCUT2D eigenvalue weighted by atomic mass is 10.0. The van der Waals surface area contributed by atoms with Crippen LogP contribution in [-0.4, -0.2) is 0 Å². The summed E-state index contributed by atoms with van der Waals surface area (Å²) in [5.74, 6) is 0. The van der Waals surface area contributed by atoms with E-state index in [0.717, 1.165) is 11.1 Å². The quantitative estimate of drug-likeness (QED) is 0.631. The van der Waals surface area contributed by atoms with Gasteiger partial charge < -0.3 is 5.73 Å². The van der Waals surface area contributed by atoms with Gasteiger partial charge in [-0.05, 0) is 23.9 Å². The highest BCUT2D eigenvalue weighted by Crippen LogP contribution is 2.23. The molecule has 0 aromatic heterocycles. The molecule has 2 N–H and O–H groups in total. The predicted octanol–water partition coefficient (Wildman–Crippen LogP) is 4.78. The number of nitrogens with two attached hydrogens (primary N) is 1. The number of fused-ring (bicyclic) bond motifs is 1. The highest BCUT2D eigenvalue weighted by atomic mass is 14.5. The summed E-state index contributed by atoms with van der Waals surface area (Å²) in [6.07, 6.45) is 0. The summed E-state index contributed by atoms with van der Waals surface area (Å²) >= 11 is 0. The number of aryl methyl sites for hydroxylation is 1. The average molecular weight is 217 g/mol. The summed E-state index contributed by atoms with van der Waals surface area (Å²) in [5.41, 5.74) is 7.96. The minimum Gasteiger partial charge on any atom is -0.398 e. The van der Waals surface area contributed by atoms with Crippen molar-refractivity contribution >= 4 is 16.5 Å². The van der Waals surface area contributed by atoms with E-state index in [-0.39, 0.29) is 0 Å². The zero-order chi connectivity index (χ0) is 12.6. The number of hydrogen-bond donors (Lipinski definition) is 1. The second kappa shape index (κ2) is 7.75. The third-order valence-corrected chi connectivity index (χ3v) is 2.18. The second-order valence-electron chi connectivity index (χ2n) is 3.02. The minimum absolute atomic E-state index is 0.858. The summed E-state index contributed by atoms with van der Waals surface area (Å²) < 4.78 is 0. The zero-order valence-electron chi connectivity index (χ0n) is 11.0. The summed E-state index contributed by atoms with van der Waals surface area (Å²) in [5, 5.41) is 2.40. The van der Waals surface area contributed by atoms with Crippen molar-refractivity contribution in [3.63, 3.8) is 0 Å². The first-order valence-electron chi connectivity index (χ1n) is 6.03. The number of rotatable bonds is 0. The maximum absolute atomic E-state index is 5.83. The van der Waals surface area contributed by atoms with Crippen molar-refractivity contribution in [3.05, 3.63) is 42.0 Å². The first-order valence-corrected chi connectivity index (χ1v) is 6.03. The lowest BCUT2D eigenvalue weighted by Gasteiger charge is -2.03. The fourth-order valence-electron chi connectivity index (χ4n) is 1.47. The molecule has 0 spiro atoms. The Morgan fingerprint density at radius 3 is 1.75 bits per heavy atom. The number of hydrogen-bond acceptors (Lipinski definition) is 1. The summed E-state index contributed by atoms with van der Waals surface area (Å²) in [7, 11) is 0. The maximum Gasteiger partial charge on any atom is 0.0393 e. The first kappa shape index (κ1) is 14.5. The molecule has 0 saturated carbocycles. The van der Waals surface area contributed by atoms with Crippen LogP contribution >= 0.6 is 0 Å². The van der Waals surface area contributed by atoms with Crippen LogP contribution in [0.1, 0.15) is 33.3 Å². The van der Waals surface area contributed by atoms with Gasteiger partial charge in [0, 0.05) is 11.1 Å². The lowest BCUT2D eigenvalue weighted by Crippen LogP contribution is -1.87. The summed E-state index contributed by atoms with van der Waals surface area (Å²) in [4.78, 5) is 0. The van der Waals surface area contributed by atoms with Crippen LogP contribution in [-0.2, 0) is 0 Å². The van der Waals surface area contributed by atoms with Crippen LogP contribution in [0.3, 0.4) is 0 Å². The lowest BCUT2D eigenvalue weighted by molar-refractivity contribution is 1.50. The van der Waals surface area contributed by atoms with Crippen molar-refractivity contribution in [3.8, 4) is 0 Å². The van der Waals surface area contributed by atoms with Crippen molar-refractivity contribution in [1.82, 2.24) is 0 Å². The Labute approximate surface area is 99.3 Å². The van der Waals surface area contributed by atoms with Gasteiger partial charge in [-0.15, -0.1) is 0 Å². The number of benzene rings is 2. The smallest absolute Gasteiger partial charge is 0.0393 e. The molecule has 16 heavy (non-hydrogen) atoms. The van der Waals surface area contributed by atoms with E-state index in [1.54, 1.807) is 0 Å². The molecule has 0 amide bonds. The van der Waals surface area contributed by atoms with Crippen molar-refractivity contribution in [2.75, 3.05) is 5.73 Å². The van der Waals surface area contributed by atoms with E-state index in [4.69, 9.17) is 5.73 Å². The van der Waals surface area contributed by atoms with Crippen LogP contribution in [0.25, 0.3) is 10.8 Å². The number of anilines is 1. The molecule has 0 aliphatic rings. The molecule has 1 nitrogen and oxygen atoms in total. The molecule has 0 radical (unpaired) electrons. The van der Waals surface area contributed by atoms with E-state index in [0.29, 0.717) is 0 Å². The van der Waals surface area contributed by atoms with E-state index in [9.17, 15) is 0 Å². The van der Waals surface area contributed by atoms with Crippen LogP contribution in [0.4, 0.5) is 5.69 Å². The minimum atomic E-state index is 0.858. The van der Waals surface area contributed by atoms with E-state index >= 15 is 0 Å². The molecule has 0 bridgehead atoms. The van der Waals surface area contributed by atoms with Crippen molar-refractivity contribution in [2.45, 2.75) is 34.6 Å². The molecule has 0 atom stereocenters. The van der Waals surface area contributed by atoms with Gasteiger partial charge in [0.15, 0.2) is 0 Å². The molecule has 2 aromatic rings. The Morgan fingerprint density at radius 2 is 1.25 bits per heavy atom. The maximum atomic E-state index is 5.83. The second-order valence-corrected chi connectivity index (χ2v) is 3.02. The van der Waals surface area contributed by atoms with E-state index in [1.165, 1.54) is 10.9 Å². The van der Waals surface area contributed by atoms with Crippen LogP contribution in [0.5, 0.6) is 0 Å². The van der Waals surface area contributed by atoms with Crippen LogP contribution in [0.2, 0.25) is 0 Å². The van der Waals surface area contributed by atoms with Gasteiger partial charge in [-0.1, -0.05) is 58.0 Å². The summed E-state index contributed by atoms with van der Waals surface area (Å²) in [6.45, 7) is 10.1. The molecule has 0 fully saturated rings. The molecular formula is C15H23N. The molecular weight excluding hydrogens is 194 g/mol. The SMILES string of the molecule is CC.CC.Cc1ccc(N)c2ccccc12. The van der Waals surface area contributed by atoms with Gasteiger partial charge in [0.05, 0.1) is 0 Å². The topological polar surface area (TPSA) is 26.0 Å². The fourth-order valence-corrected chi connectivity index (χ4v) is 1.47. The molecule has 2 rings (SSSR count). The Bertz CT molecular complexity index is 378. The van der Waals surface area contributed by atoms with Gasteiger partial charge in [0.1, 0.15) is 0 Å². The largest absolute Gasteiger partial charge is 0.398 e. The Kier molecular flexibility index (Phi) is 7.02. The molecule has 88 valence electrons. The standard InChI is InChI=1S/C11H11N.2C2H6/c1-8-6-7-11(12)10-5-3-2-4-9(8)10;2*1-2/h2-7H,12H2,1H3;2*1-2H3. The average Bonchev–Trinajstić information content (AvgIpc) is 2.39. The van der Waals surface area contributed by atoms with Gasteiger partial charge >= 0.3 is 0 Å². The van der Waals surface area contributed by atoms with Crippen molar-refractivity contribution < 1.29 is 0 Å². The monoisotopic (exact) mass is 217 g/mol. The van der Waals surface area contributed by atoms with Crippen molar-refractivity contribution in [2.24, 2.45) is 0 Å². The molecule has 2 aromatic carbocycles. The Hall–Kier alpha value is -1.50. The highest BCUT2D eigenvalue weighted by molar-refractivity contribution is 5.94. The highest BCUT2D eigenvalue weighted by Gasteiger charge is 1.97. The van der Waals surface area contributed by atoms with Crippen LogP contribution in [0, 0.1) is 6.92 Å². The fraction of sp³-hybridized carbons (Fsp3) is 0.333. The molecule has 1 heteroatoms. The van der Waals surface area contributed by atoms with E-state index in [2.05, 4.69) is 25.1 Å². The van der Waals surface area contributed by atoms with Gasteiger partial charge in [0.2, 0.25) is 0 Å². The Balaban J connectivity index is 0.000000509. The third-order valence-electron chi connectivity index (χ3n) is 2.18. The van der Waals surface area contributed by atoms with E-state index < -0.39 is 0 Å². The van der Waals surface area contributed by atoms with Crippen LogP contribution < -0.4 is 5.73 Å². The summed E-state index contributed by atoms with van der Waals surface area (Å²) in [6, 6.07) is 12.2.